The first-order chi connectivity index (χ1) is 12.2. The Hall–Kier alpha value is -0.880. The van der Waals surface area contributed by atoms with Gasteiger partial charge in [-0.1, -0.05) is 27.5 Å². The van der Waals surface area contributed by atoms with Crippen molar-refractivity contribution >= 4 is 39.1 Å². The molecule has 4 aliphatic rings. The van der Waals surface area contributed by atoms with Gasteiger partial charge < -0.3 is 10.1 Å². The molecule has 26 heavy (non-hydrogen) atoms. The molecule has 0 spiro atoms. The topological polar surface area (TPSA) is 38.3 Å². The van der Waals surface area contributed by atoms with E-state index in [4.69, 9.17) is 11.6 Å². The van der Waals surface area contributed by atoms with Gasteiger partial charge in [0, 0.05) is 16.4 Å². The van der Waals surface area contributed by atoms with Gasteiger partial charge in [0.1, 0.15) is 5.75 Å². The average molecular weight is 449 g/mol. The summed E-state index contributed by atoms with van der Waals surface area (Å²) in [4.78, 5) is 12.7. The van der Waals surface area contributed by atoms with Crippen LogP contribution in [0.4, 0.5) is 14.5 Å². The molecule has 142 valence electrons. The molecule has 4 bridgehead atoms. The summed E-state index contributed by atoms with van der Waals surface area (Å²) in [5, 5.41) is 2.92. The van der Waals surface area contributed by atoms with Gasteiger partial charge >= 0.3 is 6.61 Å². The molecule has 0 aliphatic heterocycles. The summed E-state index contributed by atoms with van der Waals surface area (Å²) in [6.07, 6.45) is 7.58. The first-order valence-corrected chi connectivity index (χ1v) is 10.1. The molecule has 0 radical (unpaired) electrons. The van der Waals surface area contributed by atoms with E-state index in [-0.39, 0.29) is 26.4 Å². The number of alkyl halides is 3. The second-order valence-corrected chi connectivity index (χ2v) is 10.4. The molecular weight excluding hydrogens is 428 g/mol. The molecule has 7 heteroatoms. The van der Waals surface area contributed by atoms with E-state index in [2.05, 4.69) is 26.0 Å². The second kappa shape index (κ2) is 6.62. The molecule has 1 aromatic carbocycles. The number of hydrogen-bond acceptors (Lipinski definition) is 2. The molecule has 4 aliphatic carbocycles. The molecule has 2 atom stereocenters. The van der Waals surface area contributed by atoms with Crippen LogP contribution in [0.15, 0.2) is 18.2 Å². The van der Waals surface area contributed by atoms with E-state index in [1.165, 1.54) is 37.5 Å². The molecule has 4 fully saturated rings. The summed E-state index contributed by atoms with van der Waals surface area (Å²) in [5.74, 6) is 1.32. The zero-order chi connectivity index (χ0) is 18.5. The Balaban J connectivity index is 1.42. The van der Waals surface area contributed by atoms with E-state index < -0.39 is 6.61 Å². The van der Waals surface area contributed by atoms with E-state index in [0.29, 0.717) is 12.1 Å². The van der Waals surface area contributed by atoms with Gasteiger partial charge in [0.15, 0.2) is 0 Å². The highest BCUT2D eigenvalue weighted by atomic mass is 79.9. The standard InChI is InChI=1S/C19H21BrClF2NO2/c20-19-7-11-3-12(8-19)6-18(5-11,10-19)9-16(25)24-13-1-2-15(14(21)4-13)26-17(22)23/h1-2,4,11-12,17H,3,5-10H2,(H,24,25)/t11-,12-,18?,19?/m0/s1. The molecular formula is C19H21BrClF2NO2. The summed E-state index contributed by atoms with van der Waals surface area (Å²) in [5.41, 5.74) is 0.583. The Labute approximate surface area is 164 Å². The van der Waals surface area contributed by atoms with Gasteiger partial charge in [-0.2, -0.15) is 8.78 Å². The fourth-order valence-corrected chi connectivity index (χ4v) is 7.59. The molecule has 1 aromatic rings. The molecule has 3 nitrogen and oxygen atoms in total. The lowest BCUT2D eigenvalue weighted by atomic mass is 9.48. The minimum atomic E-state index is -2.93. The summed E-state index contributed by atoms with van der Waals surface area (Å²) in [7, 11) is 0. The molecule has 5 rings (SSSR count). The predicted molar refractivity (Wildman–Crippen MR) is 100 cm³/mol. The normalized spacial score (nSPS) is 35.0. The maximum atomic E-state index is 12.7. The predicted octanol–water partition coefficient (Wildman–Crippen LogP) is 6.00. The van der Waals surface area contributed by atoms with E-state index in [9.17, 15) is 13.6 Å². The van der Waals surface area contributed by atoms with Crippen LogP contribution in [0, 0.1) is 17.3 Å². The number of rotatable bonds is 5. The van der Waals surface area contributed by atoms with Crippen molar-refractivity contribution in [2.75, 3.05) is 5.32 Å². The van der Waals surface area contributed by atoms with Crippen LogP contribution in [0.5, 0.6) is 5.75 Å². The van der Waals surface area contributed by atoms with Crippen LogP contribution in [-0.2, 0) is 4.79 Å². The molecule has 0 unspecified atom stereocenters. The Kier molecular flexibility index (Phi) is 4.71. The van der Waals surface area contributed by atoms with Crippen LogP contribution >= 0.6 is 27.5 Å². The highest BCUT2D eigenvalue weighted by Gasteiger charge is 2.57. The summed E-state index contributed by atoms with van der Waals surface area (Å²) in [6.45, 7) is -2.93. The number of halogens is 4. The van der Waals surface area contributed by atoms with Crippen LogP contribution in [0.2, 0.25) is 5.02 Å². The van der Waals surface area contributed by atoms with Crippen LogP contribution in [-0.4, -0.2) is 16.8 Å². The lowest BCUT2D eigenvalue weighted by Gasteiger charge is -2.60. The SMILES string of the molecule is O=C(CC12C[C@@H]3C[C@H](CC(Br)(C3)C1)C2)Nc1ccc(OC(F)F)c(Cl)c1. The van der Waals surface area contributed by atoms with Crippen molar-refractivity contribution in [3.63, 3.8) is 0 Å². The quantitative estimate of drug-likeness (QED) is 0.561. The fourth-order valence-electron chi connectivity index (χ4n) is 5.86. The number of carbonyl (C=O) groups excluding carboxylic acids is 1. The molecule has 0 aromatic heterocycles. The maximum Gasteiger partial charge on any atom is 0.387 e. The van der Waals surface area contributed by atoms with E-state index in [0.717, 1.165) is 31.1 Å². The van der Waals surface area contributed by atoms with Crippen molar-refractivity contribution in [1.82, 2.24) is 0 Å². The van der Waals surface area contributed by atoms with Gasteiger partial charge in [-0.05, 0) is 74.0 Å². The smallest absolute Gasteiger partial charge is 0.387 e. The van der Waals surface area contributed by atoms with Gasteiger partial charge in [-0.3, -0.25) is 4.79 Å². The molecule has 0 heterocycles. The lowest BCUT2D eigenvalue weighted by molar-refractivity contribution is -0.123. The minimum absolute atomic E-state index is 0.0401. The Morgan fingerprint density at radius 1 is 1.31 bits per heavy atom. The van der Waals surface area contributed by atoms with Crippen molar-refractivity contribution in [3.05, 3.63) is 23.2 Å². The van der Waals surface area contributed by atoms with Crippen molar-refractivity contribution in [3.8, 4) is 5.75 Å². The van der Waals surface area contributed by atoms with Crippen molar-refractivity contribution in [2.24, 2.45) is 17.3 Å². The largest absolute Gasteiger partial charge is 0.433 e. The Bertz CT molecular complexity index is 715. The molecule has 0 saturated heterocycles. The van der Waals surface area contributed by atoms with E-state index in [1.807, 2.05) is 0 Å². The maximum absolute atomic E-state index is 12.7. The van der Waals surface area contributed by atoms with Crippen molar-refractivity contribution in [1.29, 1.82) is 0 Å². The van der Waals surface area contributed by atoms with E-state index in [1.54, 1.807) is 0 Å². The number of hydrogen-bond donors (Lipinski definition) is 1. The van der Waals surface area contributed by atoms with Crippen LogP contribution in [0.25, 0.3) is 0 Å². The Morgan fingerprint density at radius 3 is 2.58 bits per heavy atom. The minimum Gasteiger partial charge on any atom is -0.433 e. The number of carbonyl (C=O) groups is 1. The zero-order valence-electron chi connectivity index (χ0n) is 14.2. The van der Waals surface area contributed by atoms with Gasteiger partial charge in [0.2, 0.25) is 5.91 Å². The summed E-state index contributed by atoms with van der Waals surface area (Å²) < 4.78 is 29.1. The molecule has 1 amide bonds. The summed E-state index contributed by atoms with van der Waals surface area (Å²) in [6, 6.07) is 4.33. The van der Waals surface area contributed by atoms with Crippen LogP contribution < -0.4 is 10.1 Å². The third-order valence-corrected chi connectivity index (χ3v) is 7.30. The fraction of sp³-hybridized carbons (Fsp3) is 0.632. The highest BCUT2D eigenvalue weighted by molar-refractivity contribution is 9.10. The number of nitrogens with one attached hydrogen (secondary N) is 1. The number of ether oxygens (including phenoxy) is 1. The van der Waals surface area contributed by atoms with Crippen LogP contribution in [0.3, 0.4) is 0 Å². The van der Waals surface area contributed by atoms with Crippen molar-refractivity contribution in [2.45, 2.75) is 55.9 Å². The third-order valence-electron chi connectivity index (χ3n) is 6.08. The third kappa shape index (κ3) is 3.72. The molecule has 1 N–H and O–H groups in total. The van der Waals surface area contributed by atoms with Gasteiger partial charge in [-0.15, -0.1) is 0 Å². The monoisotopic (exact) mass is 447 g/mol. The number of amides is 1. The van der Waals surface area contributed by atoms with Crippen LogP contribution in [0.1, 0.15) is 44.9 Å². The lowest BCUT2D eigenvalue weighted by Crippen LogP contribution is -2.53. The van der Waals surface area contributed by atoms with Crippen molar-refractivity contribution < 1.29 is 18.3 Å². The van der Waals surface area contributed by atoms with Gasteiger partial charge in [0.05, 0.1) is 5.02 Å². The zero-order valence-corrected chi connectivity index (χ0v) is 16.6. The second-order valence-electron chi connectivity index (χ2n) is 8.36. The summed E-state index contributed by atoms with van der Waals surface area (Å²) >= 11 is 9.92. The number of benzene rings is 1. The van der Waals surface area contributed by atoms with Gasteiger partial charge in [0.25, 0.3) is 0 Å². The average Bonchev–Trinajstić information content (AvgIpc) is 2.46. The highest BCUT2D eigenvalue weighted by Crippen LogP contribution is 2.65. The van der Waals surface area contributed by atoms with Gasteiger partial charge in [-0.25, -0.2) is 0 Å². The Morgan fingerprint density at radius 2 is 2.00 bits per heavy atom. The molecule has 4 saturated carbocycles. The van der Waals surface area contributed by atoms with E-state index >= 15 is 0 Å². The first-order valence-electron chi connectivity index (χ1n) is 8.97. The first kappa shape index (κ1) is 18.5. The number of anilines is 1.